The summed E-state index contributed by atoms with van der Waals surface area (Å²) in [4.78, 5) is 2.09. The van der Waals surface area contributed by atoms with Crippen LogP contribution >= 0.6 is 0 Å². The summed E-state index contributed by atoms with van der Waals surface area (Å²) in [6, 6.07) is 11.9. The number of aryl methyl sites for hydroxylation is 1. The number of hydrogen-bond acceptors (Lipinski definition) is 4. The predicted octanol–water partition coefficient (Wildman–Crippen LogP) is 4.02. The molecule has 1 aliphatic heterocycles. The number of piperidine rings is 1. The average molecular weight is 359 g/mol. The smallest absolute Gasteiger partial charge is 0.167 e. The van der Waals surface area contributed by atoms with E-state index in [2.05, 4.69) is 4.90 Å². The third kappa shape index (κ3) is 4.17. The van der Waals surface area contributed by atoms with Crippen LogP contribution in [0.2, 0.25) is 0 Å². The molecular weight excluding hydrogens is 333 g/mol. The normalized spacial score (nSPS) is 19.3. The molecule has 140 valence electrons. The molecule has 0 aromatic heterocycles. The molecule has 0 bridgehead atoms. The fourth-order valence-electron chi connectivity index (χ4n) is 3.79. The molecule has 0 saturated carbocycles. The van der Waals surface area contributed by atoms with Crippen molar-refractivity contribution in [2.75, 3.05) is 13.7 Å². The van der Waals surface area contributed by atoms with Gasteiger partial charge in [0.2, 0.25) is 0 Å². The lowest BCUT2D eigenvalue weighted by Crippen LogP contribution is -2.42. The van der Waals surface area contributed by atoms with E-state index in [9.17, 15) is 14.6 Å². The van der Waals surface area contributed by atoms with E-state index in [0.29, 0.717) is 11.3 Å². The van der Waals surface area contributed by atoms with Crippen molar-refractivity contribution in [2.45, 2.75) is 44.4 Å². The second-order valence-electron chi connectivity index (χ2n) is 6.83. The van der Waals surface area contributed by atoms with Gasteiger partial charge in [-0.05, 0) is 49.4 Å². The molecule has 1 saturated heterocycles. The van der Waals surface area contributed by atoms with Crippen LogP contribution in [-0.4, -0.2) is 34.8 Å². The standard InChI is InChI=1S/C21H26FNO3/c1-26-20-18(6-4-7-19(20)24)21(25)23-14-3-2-5-17(23)13-10-15-8-11-16(22)12-9-15/h4,6-9,11-12,17,21,24-25H,2-3,5,10,13-14H2,1H3. The van der Waals surface area contributed by atoms with E-state index in [-0.39, 0.29) is 17.6 Å². The fourth-order valence-corrected chi connectivity index (χ4v) is 3.79. The highest BCUT2D eigenvalue weighted by atomic mass is 19.1. The van der Waals surface area contributed by atoms with Gasteiger partial charge in [-0.2, -0.15) is 0 Å². The van der Waals surface area contributed by atoms with Crippen molar-refractivity contribution in [1.82, 2.24) is 4.90 Å². The molecule has 0 spiro atoms. The van der Waals surface area contributed by atoms with Crippen LogP contribution < -0.4 is 4.74 Å². The second kappa shape index (κ2) is 8.52. The van der Waals surface area contributed by atoms with E-state index >= 15 is 0 Å². The molecule has 4 nitrogen and oxygen atoms in total. The summed E-state index contributed by atoms with van der Waals surface area (Å²) in [6.07, 6.45) is 4.09. The SMILES string of the molecule is COc1c(O)cccc1C(O)N1CCCCC1CCc1ccc(F)cc1. The number of ether oxygens (including phenoxy) is 1. The van der Waals surface area contributed by atoms with Gasteiger partial charge in [0.25, 0.3) is 0 Å². The maximum atomic E-state index is 13.1. The first-order chi connectivity index (χ1) is 12.6. The molecule has 1 aliphatic rings. The van der Waals surface area contributed by atoms with Gasteiger partial charge in [0.05, 0.1) is 7.11 Å². The van der Waals surface area contributed by atoms with Crippen LogP contribution in [0, 0.1) is 5.82 Å². The zero-order valence-corrected chi connectivity index (χ0v) is 15.1. The Hall–Kier alpha value is -2.11. The third-order valence-electron chi connectivity index (χ3n) is 5.17. The summed E-state index contributed by atoms with van der Waals surface area (Å²) in [5, 5.41) is 21.0. The number of aromatic hydroxyl groups is 1. The number of para-hydroxylation sites is 1. The monoisotopic (exact) mass is 359 g/mol. The Bertz CT molecular complexity index is 720. The molecular formula is C21H26FNO3. The van der Waals surface area contributed by atoms with Gasteiger partial charge in [0.15, 0.2) is 11.5 Å². The maximum Gasteiger partial charge on any atom is 0.167 e. The largest absolute Gasteiger partial charge is 0.504 e. The Morgan fingerprint density at radius 2 is 1.96 bits per heavy atom. The number of halogens is 1. The lowest BCUT2D eigenvalue weighted by molar-refractivity contribution is -0.0464. The Morgan fingerprint density at radius 3 is 2.69 bits per heavy atom. The van der Waals surface area contributed by atoms with E-state index in [0.717, 1.165) is 44.2 Å². The lowest BCUT2D eigenvalue weighted by atomic mass is 9.94. The van der Waals surface area contributed by atoms with Crippen molar-refractivity contribution < 1.29 is 19.3 Å². The molecule has 0 radical (unpaired) electrons. The Balaban J connectivity index is 1.74. The van der Waals surface area contributed by atoms with Crippen molar-refractivity contribution in [1.29, 1.82) is 0 Å². The topological polar surface area (TPSA) is 52.9 Å². The van der Waals surface area contributed by atoms with E-state index in [1.54, 1.807) is 18.2 Å². The number of likely N-dealkylation sites (tertiary alicyclic amines) is 1. The van der Waals surface area contributed by atoms with Crippen molar-refractivity contribution in [3.05, 3.63) is 59.4 Å². The minimum atomic E-state index is -0.824. The molecule has 0 amide bonds. The second-order valence-corrected chi connectivity index (χ2v) is 6.83. The van der Waals surface area contributed by atoms with Crippen LogP contribution in [0.4, 0.5) is 4.39 Å². The van der Waals surface area contributed by atoms with E-state index in [4.69, 9.17) is 4.74 Å². The molecule has 2 atom stereocenters. The summed E-state index contributed by atoms with van der Waals surface area (Å²) in [6.45, 7) is 0.800. The number of benzene rings is 2. The van der Waals surface area contributed by atoms with Gasteiger partial charge in [-0.1, -0.05) is 30.7 Å². The summed E-state index contributed by atoms with van der Waals surface area (Å²) >= 11 is 0. The van der Waals surface area contributed by atoms with E-state index in [1.807, 2.05) is 12.1 Å². The first-order valence-corrected chi connectivity index (χ1v) is 9.14. The van der Waals surface area contributed by atoms with Crippen LogP contribution in [0.15, 0.2) is 42.5 Å². The summed E-state index contributed by atoms with van der Waals surface area (Å²) in [7, 11) is 1.49. The van der Waals surface area contributed by atoms with Crippen molar-refractivity contribution in [3.63, 3.8) is 0 Å². The van der Waals surface area contributed by atoms with Gasteiger partial charge < -0.3 is 14.9 Å². The number of rotatable bonds is 6. The van der Waals surface area contributed by atoms with Crippen LogP contribution in [0.3, 0.4) is 0 Å². The summed E-state index contributed by atoms with van der Waals surface area (Å²) in [5.74, 6) is 0.131. The number of phenols is 1. The third-order valence-corrected chi connectivity index (χ3v) is 5.17. The number of phenolic OH excluding ortho intramolecular Hbond substituents is 1. The van der Waals surface area contributed by atoms with Gasteiger partial charge in [-0.25, -0.2) is 4.39 Å². The number of nitrogens with zero attached hydrogens (tertiary/aromatic N) is 1. The number of aliphatic hydroxyl groups excluding tert-OH is 1. The molecule has 2 N–H and O–H groups in total. The molecule has 2 unspecified atom stereocenters. The molecule has 2 aromatic rings. The zero-order chi connectivity index (χ0) is 18.5. The Morgan fingerprint density at radius 1 is 1.19 bits per heavy atom. The highest BCUT2D eigenvalue weighted by Gasteiger charge is 2.30. The number of methoxy groups -OCH3 is 1. The van der Waals surface area contributed by atoms with Crippen molar-refractivity contribution in [3.8, 4) is 11.5 Å². The van der Waals surface area contributed by atoms with Crippen molar-refractivity contribution >= 4 is 0 Å². The molecule has 26 heavy (non-hydrogen) atoms. The summed E-state index contributed by atoms with van der Waals surface area (Å²) in [5.41, 5.74) is 1.68. The van der Waals surface area contributed by atoms with Crippen molar-refractivity contribution in [2.24, 2.45) is 0 Å². The summed E-state index contributed by atoms with van der Waals surface area (Å²) < 4.78 is 18.4. The van der Waals surface area contributed by atoms with Crippen LogP contribution in [0.25, 0.3) is 0 Å². The molecule has 2 aromatic carbocycles. The first-order valence-electron chi connectivity index (χ1n) is 9.14. The van der Waals surface area contributed by atoms with Crippen LogP contribution in [0.5, 0.6) is 11.5 Å². The van der Waals surface area contributed by atoms with E-state index in [1.165, 1.54) is 19.2 Å². The molecule has 1 heterocycles. The zero-order valence-electron chi connectivity index (χ0n) is 15.1. The molecule has 3 rings (SSSR count). The maximum absolute atomic E-state index is 13.1. The van der Waals surface area contributed by atoms with Gasteiger partial charge in [-0.15, -0.1) is 0 Å². The minimum absolute atomic E-state index is 0.0314. The first kappa shape index (κ1) is 18.7. The number of hydrogen-bond donors (Lipinski definition) is 2. The Labute approximate surface area is 153 Å². The minimum Gasteiger partial charge on any atom is -0.504 e. The quantitative estimate of drug-likeness (QED) is 0.818. The Kier molecular flexibility index (Phi) is 6.12. The van der Waals surface area contributed by atoms with Crippen LogP contribution in [0.1, 0.15) is 43.0 Å². The predicted molar refractivity (Wildman–Crippen MR) is 98.7 cm³/mol. The molecule has 1 fully saturated rings. The fraction of sp³-hybridized carbons (Fsp3) is 0.429. The van der Waals surface area contributed by atoms with Gasteiger partial charge in [0, 0.05) is 18.2 Å². The molecule has 5 heteroatoms. The van der Waals surface area contributed by atoms with Gasteiger partial charge in [-0.3, -0.25) is 4.90 Å². The van der Waals surface area contributed by atoms with Crippen LogP contribution in [-0.2, 0) is 6.42 Å². The lowest BCUT2D eigenvalue weighted by Gasteiger charge is -2.39. The highest BCUT2D eigenvalue weighted by molar-refractivity contribution is 5.46. The highest BCUT2D eigenvalue weighted by Crippen LogP contribution is 2.37. The number of aliphatic hydroxyl groups is 1. The average Bonchev–Trinajstić information content (AvgIpc) is 2.67. The van der Waals surface area contributed by atoms with Gasteiger partial charge in [0.1, 0.15) is 12.0 Å². The van der Waals surface area contributed by atoms with E-state index < -0.39 is 6.23 Å². The van der Waals surface area contributed by atoms with Gasteiger partial charge >= 0.3 is 0 Å². The molecule has 0 aliphatic carbocycles.